The molecule has 0 aliphatic rings. The Kier molecular flexibility index (Phi) is 8.97. The van der Waals surface area contributed by atoms with Crippen molar-refractivity contribution in [3.63, 3.8) is 0 Å². The van der Waals surface area contributed by atoms with E-state index in [0.717, 1.165) is 5.56 Å². The van der Waals surface area contributed by atoms with Crippen LogP contribution in [0.25, 0.3) is 11.4 Å². The van der Waals surface area contributed by atoms with Gasteiger partial charge < -0.3 is 20.5 Å². The smallest absolute Gasteiger partial charge is 0.246 e. The first-order chi connectivity index (χ1) is 12.3. The van der Waals surface area contributed by atoms with Crippen molar-refractivity contribution >= 4 is 47.4 Å². The molecule has 0 saturated carbocycles. The zero-order chi connectivity index (χ0) is 19.2. The van der Waals surface area contributed by atoms with Gasteiger partial charge in [0.2, 0.25) is 17.6 Å². The number of guanidine groups is 1. The molecular formula is C17H24ClIN6O2. The number of nitrogens with one attached hydrogen (secondary N) is 3. The van der Waals surface area contributed by atoms with E-state index in [1.165, 1.54) is 0 Å². The van der Waals surface area contributed by atoms with E-state index < -0.39 is 0 Å². The summed E-state index contributed by atoms with van der Waals surface area (Å²) in [6.07, 6.45) is 0. The normalized spacial score (nSPS) is 11.5. The van der Waals surface area contributed by atoms with E-state index in [4.69, 9.17) is 16.1 Å². The number of aliphatic imine (C=N–C) groups is 1. The number of rotatable bonds is 5. The summed E-state index contributed by atoms with van der Waals surface area (Å²) in [6, 6.07) is 7.21. The van der Waals surface area contributed by atoms with Crippen molar-refractivity contribution in [2.24, 2.45) is 4.99 Å². The molecule has 0 saturated heterocycles. The van der Waals surface area contributed by atoms with Crippen LogP contribution in [0.1, 0.15) is 26.7 Å². The summed E-state index contributed by atoms with van der Waals surface area (Å²) in [5.41, 5.74) is 0.491. The molecule has 1 heterocycles. The minimum atomic E-state index is -0.282. The summed E-state index contributed by atoms with van der Waals surface area (Å²) < 4.78 is 5.22. The first-order valence-corrected chi connectivity index (χ1v) is 8.48. The molecule has 0 fully saturated rings. The average Bonchev–Trinajstić information content (AvgIpc) is 3.02. The van der Waals surface area contributed by atoms with Crippen LogP contribution in [0, 0.1) is 0 Å². The molecule has 2 aromatic rings. The van der Waals surface area contributed by atoms with Crippen molar-refractivity contribution in [2.75, 3.05) is 13.6 Å². The Morgan fingerprint density at radius 3 is 2.67 bits per heavy atom. The van der Waals surface area contributed by atoms with Crippen LogP contribution in [0.4, 0.5) is 0 Å². The van der Waals surface area contributed by atoms with Crippen LogP contribution in [-0.2, 0) is 11.3 Å². The minimum Gasteiger partial charge on any atom is -0.350 e. The lowest BCUT2D eigenvalue weighted by atomic mass is 10.1. The van der Waals surface area contributed by atoms with Crippen molar-refractivity contribution in [3.8, 4) is 11.4 Å². The maximum absolute atomic E-state index is 11.8. The van der Waals surface area contributed by atoms with Gasteiger partial charge in [0.25, 0.3) is 0 Å². The second kappa shape index (κ2) is 10.5. The van der Waals surface area contributed by atoms with Crippen molar-refractivity contribution in [2.45, 2.75) is 32.9 Å². The maximum atomic E-state index is 11.8. The summed E-state index contributed by atoms with van der Waals surface area (Å²) in [5, 5.41) is 13.3. The van der Waals surface area contributed by atoms with E-state index in [2.05, 4.69) is 31.1 Å². The van der Waals surface area contributed by atoms with Crippen molar-refractivity contribution in [3.05, 3.63) is 35.2 Å². The molecule has 3 N–H and O–H groups in total. The zero-order valence-corrected chi connectivity index (χ0v) is 18.8. The van der Waals surface area contributed by atoms with Gasteiger partial charge in [-0.15, -0.1) is 24.0 Å². The van der Waals surface area contributed by atoms with Crippen LogP contribution in [0.15, 0.2) is 33.8 Å². The fraction of sp³-hybridized carbons (Fsp3) is 0.412. The molecule has 0 aliphatic heterocycles. The lowest BCUT2D eigenvalue weighted by Crippen LogP contribution is -2.48. The number of aromatic nitrogens is 2. The summed E-state index contributed by atoms with van der Waals surface area (Å²) in [7, 11) is 1.61. The number of hydrogen-bond donors (Lipinski definition) is 3. The Labute approximate surface area is 180 Å². The molecule has 0 radical (unpaired) electrons. The van der Waals surface area contributed by atoms with Gasteiger partial charge in [0.1, 0.15) is 0 Å². The van der Waals surface area contributed by atoms with Crippen LogP contribution in [0.3, 0.4) is 0 Å². The molecule has 0 unspecified atom stereocenters. The highest BCUT2D eigenvalue weighted by Gasteiger charge is 2.14. The number of hydrogen-bond acceptors (Lipinski definition) is 5. The van der Waals surface area contributed by atoms with Crippen LogP contribution >= 0.6 is 35.6 Å². The van der Waals surface area contributed by atoms with E-state index in [1.807, 2.05) is 32.9 Å². The van der Waals surface area contributed by atoms with E-state index in [0.29, 0.717) is 22.7 Å². The fourth-order valence-electron chi connectivity index (χ4n) is 2.08. The number of amides is 1. The van der Waals surface area contributed by atoms with Crippen molar-refractivity contribution in [1.82, 2.24) is 26.1 Å². The fourth-order valence-corrected chi connectivity index (χ4v) is 2.27. The summed E-state index contributed by atoms with van der Waals surface area (Å²) in [6.45, 7) is 6.14. The van der Waals surface area contributed by atoms with E-state index in [-0.39, 0.29) is 48.5 Å². The first-order valence-electron chi connectivity index (χ1n) is 8.11. The van der Waals surface area contributed by atoms with Gasteiger partial charge in [0.15, 0.2) is 5.96 Å². The van der Waals surface area contributed by atoms with Crippen molar-refractivity contribution < 1.29 is 9.32 Å². The molecule has 10 heteroatoms. The molecule has 0 bridgehead atoms. The van der Waals surface area contributed by atoms with Gasteiger partial charge in [-0.05, 0) is 32.9 Å². The molecule has 27 heavy (non-hydrogen) atoms. The Bertz CT molecular complexity index is 788. The second-order valence-corrected chi connectivity index (χ2v) is 7.04. The molecule has 0 aliphatic carbocycles. The highest BCUT2D eigenvalue weighted by molar-refractivity contribution is 14.0. The number of carbonyl (C=O) groups is 1. The summed E-state index contributed by atoms with van der Waals surface area (Å²) in [4.78, 5) is 20.2. The Balaban J connectivity index is 0.00000364. The summed E-state index contributed by atoms with van der Waals surface area (Å²) >= 11 is 5.97. The number of nitrogens with zero attached hydrogens (tertiary/aromatic N) is 3. The van der Waals surface area contributed by atoms with Gasteiger partial charge in [-0.2, -0.15) is 4.98 Å². The number of benzene rings is 1. The number of carbonyl (C=O) groups excluding carboxylic acids is 1. The largest absolute Gasteiger partial charge is 0.350 e. The Morgan fingerprint density at radius 2 is 2.04 bits per heavy atom. The second-order valence-electron chi connectivity index (χ2n) is 6.60. The van der Waals surface area contributed by atoms with Crippen molar-refractivity contribution in [1.29, 1.82) is 0 Å². The molecule has 1 aromatic carbocycles. The van der Waals surface area contributed by atoms with Crippen LogP contribution in [0.5, 0.6) is 0 Å². The highest BCUT2D eigenvalue weighted by Crippen LogP contribution is 2.19. The molecular weight excluding hydrogens is 483 g/mol. The lowest BCUT2D eigenvalue weighted by molar-refractivity contribution is -0.121. The zero-order valence-electron chi connectivity index (χ0n) is 15.7. The Morgan fingerprint density at radius 1 is 1.30 bits per heavy atom. The third kappa shape index (κ3) is 8.12. The number of halogens is 2. The molecule has 1 amide bonds. The lowest BCUT2D eigenvalue weighted by Gasteiger charge is -2.21. The highest BCUT2D eigenvalue weighted by atomic mass is 127. The standard InChI is InChI=1S/C17H23ClN6O2.HI/c1-17(2,3)23-13(25)9-20-16(19-4)21-10-14-22-15(24-26-14)11-6-5-7-12(18)8-11;/h5-8H,9-10H2,1-4H3,(H,23,25)(H2,19,20,21);1H. The monoisotopic (exact) mass is 506 g/mol. The SMILES string of the molecule is CN=C(NCC(=O)NC(C)(C)C)NCc1nc(-c2cccc(Cl)c2)no1.I. The molecule has 8 nitrogen and oxygen atoms in total. The predicted molar refractivity (Wildman–Crippen MR) is 116 cm³/mol. The third-order valence-corrected chi connectivity index (χ3v) is 3.35. The quantitative estimate of drug-likeness (QED) is 0.327. The van der Waals surface area contributed by atoms with Crippen LogP contribution < -0.4 is 16.0 Å². The van der Waals surface area contributed by atoms with Gasteiger partial charge >= 0.3 is 0 Å². The first kappa shape index (κ1) is 23.2. The van der Waals surface area contributed by atoms with Gasteiger partial charge in [-0.25, -0.2) is 0 Å². The molecule has 0 spiro atoms. The van der Waals surface area contributed by atoms with Crippen LogP contribution in [0.2, 0.25) is 5.02 Å². The van der Waals surface area contributed by atoms with Gasteiger partial charge in [0, 0.05) is 23.2 Å². The maximum Gasteiger partial charge on any atom is 0.246 e. The Hall–Kier alpha value is -1.88. The average molecular weight is 507 g/mol. The van der Waals surface area contributed by atoms with E-state index >= 15 is 0 Å². The van der Waals surface area contributed by atoms with E-state index in [9.17, 15) is 4.79 Å². The molecule has 2 rings (SSSR count). The van der Waals surface area contributed by atoms with Gasteiger partial charge in [-0.1, -0.05) is 28.9 Å². The third-order valence-electron chi connectivity index (χ3n) is 3.11. The summed E-state index contributed by atoms with van der Waals surface area (Å²) in [5.74, 6) is 1.18. The van der Waals surface area contributed by atoms with E-state index in [1.54, 1.807) is 19.2 Å². The topological polar surface area (TPSA) is 104 Å². The molecule has 148 valence electrons. The minimum absolute atomic E-state index is 0. The molecule has 1 aromatic heterocycles. The van der Waals surface area contributed by atoms with Gasteiger partial charge in [-0.3, -0.25) is 9.79 Å². The predicted octanol–water partition coefficient (Wildman–Crippen LogP) is 2.59. The van der Waals surface area contributed by atoms with Crippen LogP contribution in [-0.4, -0.2) is 41.1 Å². The van der Waals surface area contributed by atoms with Gasteiger partial charge in [0.05, 0.1) is 13.1 Å². The molecule has 0 atom stereocenters.